The van der Waals surface area contributed by atoms with Crippen LogP contribution in [0.2, 0.25) is 0 Å². The Hall–Kier alpha value is -1.26. The molecule has 0 radical (unpaired) electrons. The molecule has 5 heteroatoms. The first-order chi connectivity index (χ1) is 9.22. The van der Waals surface area contributed by atoms with E-state index in [2.05, 4.69) is 11.4 Å². The normalized spacial score (nSPS) is 28.7. The Labute approximate surface area is 125 Å². The number of fused-ring (bicyclic) bond motifs is 1. The molecule has 0 saturated carbocycles. The summed E-state index contributed by atoms with van der Waals surface area (Å²) < 4.78 is 6.11. The highest BCUT2D eigenvalue weighted by Gasteiger charge is 2.48. The van der Waals surface area contributed by atoms with E-state index in [0.29, 0.717) is 6.42 Å². The van der Waals surface area contributed by atoms with Crippen LogP contribution in [-0.2, 0) is 11.2 Å². The van der Waals surface area contributed by atoms with Crippen molar-refractivity contribution in [1.82, 2.24) is 5.32 Å². The van der Waals surface area contributed by atoms with Crippen LogP contribution < -0.4 is 15.8 Å². The largest absolute Gasteiger partial charge is 0.477 e. The van der Waals surface area contributed by atoms with E-state index in [1.54, 1.807) is 0 Å². The van der Waals surface area contributed by atoms with Gasteiger partial charge < -0.3 is 15.8 Å². The lowest BCUT2D eigenvalue weighted by Crippen LogP contribution is -2.59. The predicted octanol–water partition coefficient (Wildman–Crippen LogP) is 1.66. The number of primary amides is 1. The van der Waals surface area contributed by atoms with Gasteiger partial charge in [0.1, 0.15) is 5.75 Å². The molecule has 2 aliphatic heterocycles. The van der Waals surface area contributed by atoms with Crippen LogP contribution in [0.4, 0.5) is 0 Å². The van der Waals surface area contributed by atoms with Crippen LogP contribution in [0.1, 0.15) is 24.8 Å². The first kappa shape index (κ1) is 15.1. The minimum atomic E-state index is -0.832. The number of hydrogen-bond donors (Lipinski definition) is 2. The molecule has 0 aliphatic carbocycles. The lowest BCUT2D eigenvalue weighted by atomic mass is 9.76. The van der Waals surface area contributed by atoms with E-state index in [4.69, 9.17) is 10.5 Å². The molecule has 2 aliphatic rings. The molecule has 2 atom stereocenters. The van der Waals surface area contributed by atoms with Gasteiger partial charge in [0, 0.05) is 18.9 Å². The molecular formula is C15H21ClN2O2. The van der Waals surface area contributed by atoms with Crippen molar-refractivity contribution in [2.24, 2.45) is 11.7 Å². The Morgan fingerprint density at radius 2 is 2.20 bits per heavy atom. The van der Waals surface area contributed by atoms with Gasteiger partial charge in [-0.25, -0.2) is 0 Å². The van der Waals surface area contributed by atoms with E-state index in [9.17, 15) is 4.79 Å². The molecule has 1 saturated heterocycles. The Bertz CT molecular complexity index is 489. The van der Waals surface area contributed by atoms with Gasteiger partial charge in [0.25, 0.3) is 5.91 Å². The van der Waals surface area contributed by atoms with Crippen molar-refractivity contribution in [2.45, 2.75) is 31.3 Å². The van der Waals surface area contributed by atoms with Crippen LogP contribution >= 0.6 is 12.4 Å². The van der Waals surface area contributed by atoms with Gasteiger partial charge in [-0.05, 0) is 37.4 Å². The second-order valence-electron chi connectivity index (χ2n) is 5.51. The molecule has 110 valence electrons. The summed E-state index contributed by atoms with van der Waals surface area (Å²) in [5.74, 6) is 0.668. The molecule has 1 amide bonds. The molecule has 0 aromatic heterocycles. The van der Waals surface area contributed by atoms with Crippen molar-refractivity contribution < 1.29 is 9.53 Å². The van der Waals surface area contributed by atoms with E-state index in [1.165, 1.54) is 5.56 Å². The number of para-hydroxylation sites is 1. The average Bonchev–Trinajstić information content (AvgIpc) is 2.47. The van der Waals surface area contributed by atoms with Crippen molar-refractivity contribution in [3.05, 3.63) is 29.8 Å². The molecule has 1 aromatic carbocycles. The lowest BCUT2D eigenvalue weighted by molar-refractivity contribution is -0.141. The molecule has 3 rings (SSSR count). The smallest absolute Gasteiger partial charge is 0.261 e. The van der Waals surface area contributed by atoms with Gasteiger partial charge in [0.05, 0.1) is 0 Å². The number of hydrogen-bond acceptors (Lipinski definition) is 3. The molecule has 20 heavy (non-hydrogen) atoms. The van der Waals surface area contributed by atoms with E-state index in [0.717, 1.165) is 38.1 Å². The van der Waals surface area contributed by atoms with E-state index >= 15 is 0 Å². The van der Waals surface area contributed by atoms with Crippen molar-refractivity contribution in [1.29, 1.82) is 0 Å². The van der Waals surface area contributed by atoms with Crippen LogP contribution in [0, 0.1) is 5.92 Å². The topological polar surface area (TPSA) is 64.4 Å². The van der Waals surface area contributed by atoms with Crippen molar-refractivity contribution in [3.63, 3.8) is 0 Å². The van der Waals surface area contributed by atoms with Gasteiger partial charge in [0.15, 0.2) is 5.60 Å². The van der Waals surface area contributed by atoms with Crippen LogP contribution in [0.5, 0.6) is 5.75 Å². The molecule has 1 unspecified atom stereocenters. The summed E-state index contributed by atoms with van der Waals surface area (Å²) in [5, 5.41) is 3.35. The summed E-state index contributed by atoms with van der Waals surface area (Å²) in [7, 11) is 0. The van der Waals surface area contributed by atoms with Gasteiger partial charge in [-0.2, -0.15) is 0 Å². The SMILES string of the molecule is Cl.NC(=O)C1([C@@H]2CCCNC2)CCc2ccccc2O1. The summed E-state index contributed by atoms with van der Waals surface area (Å²) in [6, 6.07) is 7.93. The number of carbonyl (C=O) groups is 1. The van der Waals surface area contributed by atoms with E-state index < -0.39 is 5.60 Å². The number of aryl methyl sites for hydroxylation is 1. The van der Waals surface area contributed by atoms with Crippen LogP contribution in [0.3, 0.4) is 0 Å². The number of nitrogens with two attached hydrogens (primary N) is 1. The molecule has 3 N–H and O–H groups in total. The summed E-state index contributed by atoms with van der Waals surface area (Å²) in [5.41, 5.74) is 6.04. The molecule has 2 heterocycles. The number of rotatable bonds is 2. The Morgan fingerprint density at radius 1 is 1.40 bits per heavy atom. The Kier molecular flexibility index (Phi) is 4.55. The van der Waals surface area contributed by atoms with Gasteiger partial charge >= 0.3 is 0 Å². The number of amides is 1. The zero-order valence-electron chi connectivity index (χ0n) is 11.4. The highest BCUT2D eigenvalue weighted by Crippen LogP contribution is 2.39. The van der Waals surface area contributed by atoms with Crippen LogP contribution in [0.25, 0.3) is 0 Å². The van der Waals surface area contributed by atoms with Gasteiger partial charge in [-0.1, -0.05) is 18.2 Å². The molecular weight excluding hydrogens is 276 g/mol. The van der Waals surface area contributed by atoms with E-state index in [-0.39, 0.29) is 24.2 Å². The summed E-state index contributed by atoms with van der Waals surface area (Å²) >= 11 is 0. The summed E-state index contributed by atoms with van der Waals surface area (Å²) in [6.07, 6.45) is 3.62. The van der Waals surface area contributed by atoms with E-state index in [1.807, 2.05) is 18.2 Å². The number of ether oxygens (including phenoxy) is 1. The van der Waals surface area contributed by atoms with Crippen molar-refractivity contribution in [2.75, 3.05) is 13.1 Å². The molecule has 4 nitrogen and oxygen atoms in total. The number of piperidine rings is 1. The number of nitrogens with one attached hydrogen (secondary N) is 1. The fraction of sp³-hybridized carbons (Fsp3) is 0.533. The first-order valence-corrected chi connectivity index (χ1v) is 7.00. The minimum Gasteiger partial charge on any atom is -0.477 e. The maximum absolute atomic E-state index is 12.1. The van der Waals surface area contributed by atoms with Crippen molar-refractivity contribution in [3.8, 4) is 5.75 Å². The third-order valence-corrected chi connectivity index (χ3v) is 4.40. The molecule has 0 spiro atoms. The summed E-state index contributed by atoms with van der Waals surface area (Å²) in [6.45, 7) is 1.83. The second kappa shape index (κ2) is 6.02. The standard InChI is InChI=1S/C15H20N2O2.ClH/c16-14(18)15(12-5-3-9-17-10-12)8-7-11-4-1-2-6-13(11)19-15;/h1-2,4,6,12,17H,3,5,7-10H2,(H2,16,18);1H/t12-,15?;/m1./s1. The third-order valence-electron chi connectivity index (χ3n) is 4.40. The number of benzene rings is 1. The highest BCUT2D eigenvalue weighted by molar-refractivity contribution is 5.85. The quantitative estimate of drug-likeness (QED) is 0.872. The fourth-order valence-electron chi connectivity index (χ4n) is 3.29. The predicted molar refractivity (Wildman–Crippen MR) is 80.2 cm³/mol. The minimum absolute atomic E-state index is 0. The summed E-state index contributed by atoms with van der Waals surface area (Å²) in [4.78, 5) is 12.1. The third kappa shape index (κ3) is 2.50. The Balaban J connectivity index is 0.00000147. The first-order valence-electron chi connectivity index (χ1n) is 7.00. The number of halogens is 1. The van der Waals surface area contributed by atoms with Crippen molar-refractivity contribution >= 4 is 18.3 Å². The van der Waals surface area contributed by atoms with Gasteiger partial charge in [-0.3, -0.25) is 4.79 Å². The lowest BCUT2D eigenvalue weighted by Gasteiger charge is -2.43. The van der Waals surface area contributed by atoms with Crippen LogP contribution in [0.15, 0.2) is 24.3 Å². The average molecular weight is 297 g/mol. The molecule has 1 aromatic rings. The maximum Gasteiger partial charge on any atom is 0.261 e. The number of carbonyl (C=O) groups excluding carboxylic acids is 1. The van der Waals surface area contributed by atoms with Gasteiger partial charge in [0.2, 0.25) is 0 Å². The highest BCUT2D eigenvalue weighted by atomic mass is 35.5. The fourth-order valence-corrected chi connectivity index (χ4v) is 3.29. The zero-order chi connectivity index (χ0) is 13.3. The molecule has 0 bridgehead atoms. The molecule has 1 fully saturated rings. The van der Waals surface area contributed by atoms with Crippen LogP contribution in [-0.4, -0.2) is 24.6 Å². The zero-order valence-corrected chi connectivity index (χ0v) is 12.2. The maximum atomic E-state index is 12.1. The monoisotopic (exact) mass is 296 g/mol. The van der Waals surface area contributed by atoms with Gasteiger partial charge in [-0.15, -0.1) is 12.4 Å². The Morgan fingerprint density at radius 3 is 2.90 bits per heavy atom. The second-order valence-corrected chi connectivity index (χ2v) is 5.51.